The molecule has 0 saturated heterocycles. The van der Waals surface area contributed by atoms with Gasteiger partial charge in [-0.2, -0.15) is 0 Å². The summed E-state index contributed by atoms with van der Waals surface area (Å²) in [6, 6.07) is 4.80. The SMILES string of the molecule is CCCCCn1c(C(C)C)ccc(CNC2CCCC2)c1=O. The van der Waals surface area contributed by atoms with Gasteiger partial charge in [0.15, 0.2) is 0 Å². The summed E-state index contributed by atoms with van der Waals surface area (Å²) in [6.45, 7) is 8.12. The van der Waals surface area contributed by atoms with Crippen molar-refractivity contribution < 1.29 is 0 Å². The van der Waals surface area contributed by atoms with E-state index in [2.05, 4.69) is 32.2 Å². The second-order valence-corrected chi connectivity index (χ2v) is 6.96. The number of aromatic nitrogens is 1. The van der Waals surface area contributed by atoms with Gasteiger partial charge in [-0.25, -0.2) is 0 Å². The first kappa shape index (κ1) is 17.3. The van der Waals surface area contributed by atoms with Crippen LogP contribution in [0.1, 0.15) is 82.9 Å². The largest absolute Gasteiger partial charge is 0.312 e. The number of unbranched alkanes of at least 4 members (excludes halogenated alkanes) is 2. The first-order chi connectivity index (χ1) is 10.6. The van der Waals surface area contributed by atoms with Crippen LogP contribution in [0, 0.1) is 0 Å². The molecule has 0 radical (unpaired) electrons. The zero-order chi connectivity index (χ0) is 15.9. The highest BCUT2D eigenvalue weighted by atomic mass is 16.1. The highest BCUT2D eigenvalue weighted by Gasteiger charge is 2.16. The molecule has 1 N–H and O–H groups in total. The summed E-state index contributed by atoms with van der Waals surface area (Å²) >= 11 is 0. The molecule has 1 aromatic heterocycles. The maximum atomic E-state index is 12.8. The van der Waals surface area contributed by atoms with Crippen LogP contribution in [0.4, 0.5) is 0 Å². The molecule has 3 nitrogen and oxygen atoms in total. The van der Waals surface area contributed by atoms with E-state index in [1.165, 1.54) is 44.2 Å². The predicted octanol–water partition coefficient (Wildman–Crippen LogP) is 4.19. The summed E-state index contributed by atoms with van der Waals surface area (Å²) in [6.07, 6.45) is 8.64. The molecule has 0 atom stereocenters. The summed E-state index contributed by atoms with van der Waals surface area (Å²) in [7, 11) is 0. The number of nitrogens with one attached hydrogen (secondary N) is 1. The molecule has 22 heavy (non-hydrogen) atoms. The van der Waals surface area contributed by atoms with Gasteiger partial charge in [-0.1, -0.05) is 52.5 Å². The fourth-order valence-corrected chi connectivity index (χ4v) is 3.41. The van der Waals surface area contributed by atoms with Crippen LogP contribution in [0.15, 0.2) is 16.9 Å². The Morgan fingerprint density at radius 1 is 1.23 bits per heavy atom. The van der Waals surface area contributed by atoms with E-state index >= 15 is 0 Å². The lowest BCUT2D eigenvalue weighted by Gasteiger charge is -2.18. The lowest BCUT2D eigenvalue weighted by Crippen LogP contribution is -2.32. The number of hydrogen-bond donors (Lipinski definition) is 1. The van der Waals surface area contributed by atoms with E-state index in [4.69, 9.17) is 0 Å². The summed E-state index contributed by atoms with van der Waals surface area (Å²) in [5.74, 6) is 0.395. The molecule has 3 heteroatoms. The van der Waals surface area contributed by atoms with Crippen molar-refractivity contribution in [2.75, 3.05) is 0 Å². The Morgan fingerprint density at radius 2 is 1.95 bits per heavy atom. The zero-order valence-electron chi connectivity index (χ0n) is 14.5. The smallest absolute Gasteiger partial charge is 0.255 e. The van der Waals surface area contributed by atoms with Gasteiger partial charge in [-0.15, -0.1) is 0 Å². The molecule has 1 aliphatic carbocycles. The molecule has 0 aromatic carbocycles. The Bertz CT molecular complexity index is 513. The minimum Gasteiger partial charge on any atom is -0.312 e. The molecule has 124 valence electrons. The van der Waals surface area contributed by atoms with Crippen molar-refractivity contribution in [1.82, 2.24) is 9.88 Å². The Balaban J connectivity index is 2.12. The first-order valence-corrected chi connectivity index (χ1v) is 9.09. The second-order valence-electron chi connectivity index (χ2n) is 6.96. The van der Waals surface area contributed by atoms with Crippen LogP contribution >= 0.6 is 0 Å². The average molecular weight is 304 g/mol. The molecular weight excluding hydrogens is 272 g/mol. The van der Waals surface area contributed by atoms with Crippen molar-refractivity contribution in [1.29, 1.82) is 0 Å². The molecule has 0 amide bonds. The van der Waals surface area contributed by atoms with Crippen LogP contribution in [0.25, 0.3) is 0 Å². The van der Waals surface area contributed by atoms with E-state index < -0.39 is 0 Å². The van der Waals surface area contributed by atoms with Gasteiger partial charge in [0.05, 0.1) is 0 Å². The lowest BCUT2D eigenvalue weighted by atomic mass is 10.1. The van der Waals surface area contributed by atoms with E-state index in [0.717, 1.165) is 25.1 Å². The quantitative estimate of drug-likeness (QED) is 0.731. The Kier molecular flexibility index (Phi) is 6.69. The van der Waals surface area contributed by atoms with Crippen molar-refractivity contribution in [3.8, 4) is 0 Å². The molecule has 0 spiro atoms. The number of hydrogen-bond acceptors (Lipinski definition) is 2. The van der Waals surface area contributed by atoms with E-state index in [-0.39, 0.29) is 5.56 Å². The van der Waals surface area contributed by atoms with Gasteiger partial charge >= 0.3 is 0 Å². The standard InChI is InChI=1S/C19H32N2O/c1-4-5-8-13-21-18(15(2)3)12-11-16(19(21)22)14-20-17-9-6-7-10-17/h11-12,15,17,20H,4-10,13-14H2,1-3H3. The molecule has 1 aromatic rings. The normalized spacial score (nSPS) is 15.8. The number of rotatable bonds is 8. The van der Waals surface area contributed by atoms with E-state index in [1.807, 2.05) is 10.6 Å². The molecular formula is C19H32N2O. The molecule has 1 heterocycles. The number of pyridine rings is 1. The minimum atomic E-state index is 0.216. The van der Waals surface area contributed by atoms with Crippen LogP contribution < -0.4 is 10.9 Å². The van der Waals surface area contributed by atoms with Gasteiger partial charge in [0.2, 0.25) is 0 Å². The van der Waals surface area contributed by atoms with Crippen LogP contribution in [-0.2, 0) is 13.1 Å². The van der Waals surface area contributed by atoms with Crippen molar-refractivity contribution in [2.24, 2.45) is 0 Å². The third-order valence-corrected chi connectivity index (χ3v) is 4.80. The lowest BCUT2D eigenvalue weighted by molar-refractivity contribution is 0.511. The van der Waals surface area contributed by atoms with Crippen molar-refractivity contribution in [3.63, 3.8) is 0 Å². The monoisotopic (exact) mass is 304 g/mol. The Labute approximate surface area is 135 Å². The van der Waals surface area contributed by atoms with Gasteiger partial charge in [0.1, 0.15) is 0 Å². The Hall–Kier alpha value is -1.09. The van der Waals surface area contributed by atoms with Crippen molar-refractivity contribution in [3.05, 3.63) is 33.7 Å². The average Bonchev–Trinajstić information content (AvgIpc) is 3.00. The second kappa shape index (κ2) is 8.52. The molecule has 0 unspecified atom stereocenters. The predicted molar refractivity (Wildman–Crippen MR) is 93.4 cm³/mol. The molecule has 0 bridgehead atoms. The van der Waals surface area contributed by atoms with Crippen LogP contribution in [0.5, 0.6) is 0 Å². The summed E-state index contributed by atoms with van der Waals surface area (Å²) in [5.41, 5.74) is 2.31. The third kappa shape index (κ3) is 4.45. The molecule has 1 fully saturated rings. The van der Waals surface area contributed by atoms with Gasteiger partial charge in [-0.05, 0) is 31.2 Å². The Morgan fingerprint density at radius 3 is 2.59 bits per heavy atom. The highest BCUT2D eigenvalue weighted by Crippen LogP contribution is 2.18. The topological polar surface area (TPSA) is 34.0 Å². The van der Waals surface area contributed by atoms with Crippen molar-refractivity contribution >= 4 is 0 Å². The molecule has 0 aliphatic heterocycles. The van der Waals surface area contributed by atoms with Gasteiger partial charge in [0, 0.05) is 30.4 Å². The first-order valence-electron chi connectivity index (χ1n) is 9.09. The molecule has 2 rings (SSSR count). The fraction of sp³-hybridized carbons (Fsp3) is 0.737. The van der Waals surface area contributed by atoms with Gasteiger partial charge in [0.25, 0.3) is 5.56 Å². The highest BCUT2D eigenvalue weighted by molar-refractivity contribution is 5.18. The summed E-state index contributed by atoms with van der Waals surface area (Å²) in [4.78, 5) is 12.8. The van der Waals surface area contributed by atoms with Crippen LogP contribution in [0.3, 0.4) is 0 Å². The summed E-state index contributed by atoms with van der Waals surface area (Å²) in [5, 5.41) is 3.57. The number of nitrogens with zero attached hydrogens (tertiary/aromatic N) is 1. The maximum absolute atomic E-state index is 12.8. The minimum absolute atomic E-state index is 0.216. The van der Waals surface area contributed by atoms with E-state index in [9.17, 15) is 4.79 Å². The van der Waals surface area contributed by atoms with E-state index in [0.29, 0.717) is 12.0 Å². The van der Waals surface area contributed by atoms with Crippen LogP contribution in [0.2, 0.25) is 0 Å². The fourth-order valence-electron chi connectivity index (χ4n) is 3.41. The molecule has 1 aliphatic rings. The van der Waals surface area contributed by atoms with E-state index in [1.54, 1.807) is 0 Å². The molecule has 1 saturated carbocycles. The van der Waals surface area contributed by atoms with Gasteiger partial charge in [-0.3, -0.25) is 4.79 Å². The summed E-state index contributed by atoms with van der Waals surface area (Å²) < 4.78 is 2.02. The third-order valence-electron chi connectivity index (χ3n) is 4.80. The van der Waals surface area contributed by atoms with Crippen molar-refractivity contribution in [2.45, 2.75) is 90.8 Å². The maximum Gasteiger partial charge on any atom is 0.255 e. The van der Waals surface area contributed by atoms with Crippen LogP contribution in [-0.4, -0.2) is 10.6 Å². The van der Waals surface area contributed by atoms with Gasteiger partial charge < -0.3 is 9.88 Å². The zero-order valence-corrected chi connectivity index (χ0v) is 14.5.